The van der Waals surface area contributed by atoms with E-state index < -0.39 is 8.07 Å². The molecule has 4 heteroatoms. The lowest BCUT2D eigenvalue weighted by Gasteiger charge is -2.33. The van der Waals surface area contributed by atoms with Gasteiger partial charge in [0.1, 0.15) is 11.5 Å². The van der Waals surface area contributed by atoms with E-state index in [1.807, 2.05) is 0 Å². The molecule has 0 aliphatic carbocycles. The second kappa shape index (κ2) is 15.0. The summed E-state index contributed by atoms with van der Waals surface area (Å²) in [5, 5.41) is 7.83. The van der Waals surface area contributed by atoms with Crippen LogP contribution in [0.3, 0.4) is 0 Å². The van der Waals surface area contributed by atoms with Gasteiger partial charge in [0.2, 0.25) is 0 Å². The molecule has 12 rings (SSSR count). The first-order valence-corrected chi connectivity index (χ1v) is 24.0. The quantitative estimate of drug-likeness (QED) is 0.149. The molecule has 10 aromatic carbocycles. The van der Waals surface area contributed by atoms with E-state index in [1.165, 1.54) is 64.9 Å². The maximum Gasteiger partial charge on any atom is 0.181 e. The normalized spacial score (nSPS) is 14.6. The molecule has 62 heavy (non-hydrogen) atoms. The van der Waals surface area contributed by atoms with Crippen LogP contribution in [0.1, 0.15) is 0 Å². The molecular formula is C58H39NOSSi. The van der Waals surface area contributed by atoms with Crippen molar-refractivity contribution in [2.75, 3.05) is 4.90 Å². The van der Waals surface area contributed by atoms with Crippen LogP contribution in [-0.2, 0) is 0 Å². The van der Waals surface area contributed by atoms with E-state index in [0.717, 1.165) is 38.4 Å². The molecule has 2 aliphatic rings. The van der Waals surface area contributed by atoms with E-state index in [1.54, 1.807) is 11.8 Å². The van der Waals surface area contributed by atoms with Crippen LogP contribution < -0.4 is 30.4 Å². The fourth-order valence-corrected chi connectivity index (χ4v) is 16.1. The topological polar surface area (TPSA) is 12.5 Å². The van der Waals surface area contributed by atoms with Gasteiger partial charge in [0.25, 0.3) is 0 Å². The Bertz CT molecular complexity index is 3300. The Morgan fingerprint density at radius 2 is 1.02 bits per heavy atom. The Balaban J connectivity index is 1.10. The Labute approximate surface area is 367 Å². The molecule has 0 saturated heterocycles. The smallest absolute Gasteiger partial charge is 0.181 e. The maximum absolute atomic E-state index is 6.94. The Kier molecular flexibility index (Phi) is 8.80. The molecule has 0 radical (unpaired) electrons. The Morgan fingerprint density at radius 1 is 0.387 bits per heavy atom. The second-order valence-electron chi connectivity index (χ2n) is 16.0. The van der Waals surface area contributed by atoms with Crippen LogP contribution in [0.5, 0.6) is 11.5 Å². The molecule has 2 nitrogen and oxygen atoms in total. The fraction of sp³-hybridized carbons (Fsp3) is 0. The average Bonchev–Trinajstić information content (AvgIpc) is 3.66. The van der Waals surface area contributed by atoms with Crippen molar-refractivity contribution in [1.82, 2.24) is 0 Å². The number of anilines is 3. The number of para-hydroxylation sites is 1. The van der Waals surface area contributed by atoms with Gasteiger partial charge in [-0.3, -0.25) is 0 Å². The van der Waals surface area contributed by atoms with Crippen LogP contribution in [0.15, 0.2) is 246 Å². The molecule has 292 valence electrons. The van der Waals surface area contributed by atoms with Gasteiger partial charge in [-0.05, 0) is 102 Å². The summed E-state index contributed by atoms with van der Waals surface area (Å²) in [5.74, 6) is 1.88. The van der Waals surface area contributed by atoms with E-state index >= 15 is 0 Å². The van der Waals surface area contributed by atoms with Crippen molar-refractivity contribution < 1.29 is 4.74 Å². The van der Waals surface area contributed by atoms with Crippen molar-refractivity contribution in [3.63, 3.8) is 0 Å². The zero-order chi connectivity index (χ0) is 41.0. The van der Waals surface area contributed by atoms with Gasteiger partial charge in [0.15, 0.2) is 8.07 Å². The summed E-state index contributed by atoms with van der Waals surface area (Å²) in [6.45, 7) is 0. The third-order valence-electron chi connectivity index (χ3n) is 12.6. The molecule has 0 bridgehead atoms. The molecule has 0 saturated carbocycles. The van der Waals surface area contributed by atoms with Gasteiger partial charge in [0.05, 0.1) is 15.5 Å². The standard InChI is InChI=1S/C58H39NOSSi/c1-4-17-40(18-5-1)41-33-35-43(36-34-41)59(51-29-16-27-48-47(26-15-28-49(48)51)42-19-6-2-7-20-42)44-21-14-24-46(39-44)62(45-22-8-3-9-23-45)55-32-13-10-25-50(55)57-56(62)38-37-54-58(57)60-52-30-11-12-31-53(52)61-54/h1-39H. The lowest BCUT2D eigenvalue weighted by Crippen LogP contribution is -2.72. The van der Waals surface area contributed by atoms with Crippen molar-refractivity contribution in [3.8, 4) is 44.9 Å². The van der Waals surface area contributed by atoms with Gasteiger partial charge in [-0.2, -0.15) is 0 Å². The Morgan fingerprint density at radius 3 is 1.84 bits per heavy atom. The fourth-order valence-electron chi connectivity index (χ4n) is 9.92. The van der Waals surface area contributed by atoms with Crippen molar-refractivity contribution in [1.29, 1.82) is 0 Å². The van der Waals surface area contributed by atoms with Crippen LogP contribution in [0.2, 0.25) is 0 Å². The molecule has 2 aliphatic heterocycles. The minimum Gasteiger partial charge on any atom is -0.454 e. The Hall–Kier alpha value is -7.37. The summed E-state index contributed by atoms with van der Waals surface area (Å²) in [6.07, 6.45) is 0. The van der Waals surface area contributed by atoms with Crippen molar-refractivity contribution in [2.24, 2.45) is 0 Å². The number of fused-ring (bicyclic) bond motifs is 7. The molecule has 0 spiro atoms. The third-order valence-corrected chi connectivity index (χ3v) is 18.6. The van der Waals surface area contributed by atoms with E-state index in [-0.39, 0.29) is 0 Å². The summed E-state index contributed by atoms with van der Waals surface area (Å²) in [5.41, 5.74) is 10.6. The van der Waals surface area contributed by atoms with Crippen molar-refractivity contribution in [3.05, 3.63) is 237 Å². The van der Waals surface area contributed by atoms with Gasteiger partial charge in [-0.25, -0.2) is 0 Å². The number of nitrogens with zero attached hydrogens (tertiary/aromatic N) is 1. The largest absolute Gasteiger partial charge is 0.454 e. The zero-order valence-corrected chi connectivity index (χ0v) is 35.6. The molecule has 10 aromatic rings. The summed E-state index contributed by atoms with van der Waals surface area (Å²) in [6, 6.07) is 86.8. The lowest BCUT2D eigenvalue weighted by molar-refractivity contribution is 0.457. The molecule has 0 N–H and O–H groups in total. The molecule has 0 fully saturated rings. The highest BCUT2D eigenvalue weighted by Crippen LogP contribution is 2.51. The molecule has 1 atom stereocenters. The van der Waals surface area contributed by atoms with Crippen molar-refractivity contribution in [2.45, 2.75) is 9.79 Å². The minimum atomic E-state index is -2.93. The van der Waals surface area contributed by atoms with Crippen LogP contribution in [0.25, 0.3) is 44.2 Å². The lowest BCUT2D eigenvalue weighted by atomic mass is 9.96. The molecule has 0 amide bonds. The number of benzene rings is 10. The van der Waals surface area contributed by atoms with Crippen molar-refractivity contribution >= 4 is 68.4 Å². The maximum atomic E-state index is 6.94. The predicted octanol–water partition coefficient (Wildman–Crippen LogP) is 13.3. The minimum absolute atomic E-state index is 0.913. The number of hydrogen-bond acceptors (Lipinski definition) is 3. The average molecular weight is 826 g/mol. The summed E-state index contributed by atoms with van der Waals surface area (Å²) in [7, 11) is -2.93. The summed E-state index contributed by atoms with van der Waals surface area (Å²) < 4.78 is 6.94. The van der Waals surface area contributed by atoms with Crippen LogP contribution >= 0.6 is 11.8 Å². The zero-order valence-electron chi connectivity index (χ0n) is 33.8. The highest BCUT2D eigenvalue weighted by molar-refractivity contribution is 7.99. The van der Waals surface area contributed by atoms with E-state index in [9.17, 15) is 0 Å². The van der Waals surface area contributed by atoms with Crippen LogP contribution in [-0.4, -0.2) is 8.07 Å². The van der Waals surface area contributed by atoms with E-state index in [0.29, 0.717) is 0 Å². The first-order valence-electron chi connectivity index (χ1n) is 21.2. The summed E-state index contributed by atoms with van der Waals surface area (Å²) in [4.78, 5) is 4.76. The van der Waals surface area contributed by atoms with Gasteiger partial charge in [0, 0.05) is 22.3 Å². The predicted molar refractivity (Wildman–Crippen MR) is 263 cm³/mol. The van der Waals surface area contributed by atoms with E-state index in [4.69, 9.17) is 4.74 Å². The third kappa shape index (κ3) is 5.79. The molecular weight excluding hydrogens is 787 g/mol. The number of rotatable bonds is 7. The number of ether oxygens (including phenoxy) is 1. The van der Waals surface area contributed by atoms with Crippen LogP contribution in [0, 0.1) is 0 Å². The first kappa shape index (κ1) is 36.5. The van der Waals surface area contributed by atoms with Gasteiger partial charge >= 0.3 is 0 Å². The van der Waals surface area contributed by atoms with Gasteiger partial charge in [-0.1, -0.05) is 200 Å². The van der Waals surface area contributed by atoms with Gasteiger partial charge < -0.3 is 9.64 Å². The monoisotopic (exact) mass is 825 g/mol. The van der Waals surface area contributed by atoms with E-state index in [2.05, 4.69) is 241 Å². The number of hydrogen-bond donors (Lipinski definition) is 0. The highest BCUT2D eigenvalue weighted by Gasteiger charge is 2.50. The molecule has 0 aromatic heterocycles. The molecule has 2 heterocycles. The highest BCUT2D eigenvalue weighted by atomic mass is 32.2. The summed E-state index contributed by atoms with van der Waals surface area (Å²) >= 11 is 1.80. The first-order chi connectivity index (χ1) is 30.8. The molecule has 1 unspecified atom stereocenters. The SMILES string of the molecule is c1ccc(-c2ccc(N(c3cccc([Si]4(c5ccccc5)c5ccccc5-c5c4ccc4c5Oc5ccccc5S4)c3)c3cccc4c(-c5ccccc5)cccc34)cc2)cc1. The second-order valence-corrected chi connectivity index (χ2v) is 20.8. The van der Waals surface area contributed by atoms with Crippen LogP contribution in [0.4, 0.5) is 17.1 Å². The van der Waals surface area contributed by atoms with Gasteiger partial charge in [-0.15, -0.1) is 0 Å².